The molecule has 3 rings (SSSR count). The van der Waals surface area contributed by atoms with Crippen LogP contribution in [0.2, 0.25) is 0 Å². The van der Waals surface area contributed by atoms with Crippen LogP contribution in [0.4, 0.5) is 0 Å². The third kappa shape index (κ3) is 3.24. The lowest BCUT2D eigenvalue weighted by atomic mass is 9.82. The third-order valence-corrected chi connectivity index (χ3v) is 4.18. The average molecular weight is 287 g/mol. The monoisotopic (exact) mass is 287 g/mol. The predicted octanol–water partition coefficient (Wildman–Crippen LogP) is 1.72. The molecule has 0 spiro atoms. The van der Waals surface area contributed by atoms with Crippen LogP contribution in [0.5, 0.6) is 0 Å². The molecule has 0 atom stereocenters. The van der Waals surface area contributed by atoms with Crippen LogP contribution in [-0.2, 0) is 11.2 Å². The Labute approximate surface area is 124 Å². The minimum atomic E-state index is -0.158. The molecule has 1 heterocycles. The lowest BCUT2D eigenvalue weighted by Gasteiger charge is -2.34. The van der Waals surface area contributed by atoms with Crippen molar-refractivity contribution in [2.24, 2.45) is 5.92 Å². The summed E-state index contributed by atoms with van der Waals surface area (Å²) in [6.45, 7) is 0.746. The number of hydrogen-bond acceptors (Lipinski definition) is 3. The molecule has 0 saturated heterocycles. The van der Waals surface area contributed by atoms with E-state index in [1.54, 1.807) is 4.90 Å². The molecule has 5 heteroatoms. The number of aryl methyl sites for hydroxylation is 1. The summed E-state index contributed by atoms with van der Waals surface area (Å²) in [6.07, 6.45) is 2.58. The van der Waals surface area contributed by atoms with Crippen molar-refractivity contribution in [1.82, 2.24) is 14.9 Å². The maximum atomic E-state index is 12.1. The first-order valence-electron chi connectivity index (χ1n) is 7.47. The number of H-pyrrole nitrogens is 1. The molecule has 1 aliphatic rings. The van der Waals surface area contributed by atoms with E-state index in [9.17, 15) is 9.90 Å². The second kappa shape index (κ2) is 5.85. The normalized spacial score (nSPS) is 21.2. The highest BCUT2D eigenvalue weighted by molar-refractivity contribution is 5.77. The van der Waals surface area contributed by atoms with Crippen LogP contribution in [0.3, 0.4) is 0 Å². The van der Waals surface area contributed by atoms with E-state index in [1.807, 2.05) is 31.3 Å². The number of nitrogens with zero attached hydrogens (tertiary/aromatic N) is 2. The summed E-state index contributed by atoms with van der Waals surface area (Å²) in [7, 11) is 1.84. The zero-order valence-corrected chi connectivity index (χ0v) is 12.2. The lowest BCUT2D eigenvalue weighted by molar-refractivity contribution is -0.131. The summed E-state index contributed by atoms with van der Waals surface area (Å²) < 4.78 is 0. The van der Waals surface area contributed by atoms with Gasteiger partial charge in [-0.15, -0.1) is 0 Å². The van der Waals surface area contributed by atoms with Gasteiger partial charge in [-0.2, -0.15) is 0 Å². The van der Waals surface area contributed by atoms with Crippen LogP contribution in [0, 0.1) is 5.92 Å². The molecule has 0 bridgehead atoms. The Morgan fingerprint density at radius 1 is 1.43 bits per heavy atom. The van der Waals surface area contributed by atoms with Gasteiger partial charge in [0.1, 0.15) is 5.82 Å². The van der Waals surface area contributed by atoms with E-state index in [4.69, 9.17) is 0 Å². The predicted molar refractivity (Wildman–Crippen MR) is 80.8 cm³/mol. The Hall–Kier alpha value is -1.88. The van der Waals surface area contributed by atoms with E-state index in [1.165, 1.54) is 0 Å². The van der Waals surface area contributed by atoms with E-state index < -0.39 is 0 Å². The molecule has 1 aromatic heterocycles. The number of hydrogen-bond donors (Lipinski definition) is 2. The summed E-state index contributed by atoms with van der Waals surface area (Å²) >= 11 is 0. The Balaban J connectivity index is 1.50. The molecule has 21 heavy (non-hydrogen) atoms. The molecule has 2 aromatic rings. The third-order valence-electron chi connectivity index (χ3n) is 4.18. The fraction of sp³-hybridized carbons (Fsp3) is 0.500. The van der Waals surface area contributed by atoms with Crippen LogP contribution >= 0.6 is 0 Å². The highest BCUT2D eigenvalue weighted by atomic mass is 16.3. The summed E-state index contributed by atoms with van der Waals surface area (Å²) in [6, 6.07) is 7.88. The maximum absolute atomic E-state index is 12.1. The summed E-state index contributed by atoms with van der Waals surface area (Å²) in [5.74, 6) is 1.45. The van der Waals surface area contributed by atoms with Gasteiger partial charge in [0.15, 0.2) is 0 Å². The topological polar surface area (TPSA) is 69.2 Å². The quantitative estimate of drug-likeness (QED) is 0.880. The first kappa shape index (κ1) is 14.1. The van der Waals surface area contributed by atoms with Crippen molar-refractivity contribution >= 4 is 16.9 Å². The number of imidazole rings is 1. The van der Waals surface area contributed by atoms with Gasteiger partial charge < -0.3 is 15.0 Å². The smallest absolute Gasteiger partial charge is 0.222 e. The molecular weight excluding hydrogens is 266 g/mol. The molecule has 0 aliphatic heterocycles. The lowest BCUT2D eigenvalue weighted by Crippen LogP contribution is -2.39. The number of rotatable bonds is 5. The Bertz CT molecular complexity index is 598. The van der Waals surface area contributed by atoms with Gasteiger partial charge in [-0.05, 0) is 30.9 Å². The molecule has 0 radical (unpaired) electrons. The van der Waals surface area contributed by atoms with Crippen molar-refractivity contribution < 1.29 is 9.90 Å². The molecule has 112 valence electrons. The number of carbonyl (C=O) groups excluding carboxylic acids is 1. The first-order valence-corrected chi connectivity index (χ1v) is 7.47. The molecule has 5 nitrogen and oxygen atoms in total. The number of aliphatic hydroxyl groups excluding tert-OH is 1. The Morgan fingerprint density at radius 3 is 2.90 bits per heavy atom. The average Bonchev–Trinajstić information content (AvgIpc) is 2.85. The van der Waals surface area contributed by atoms with Gasteiger partial charge in [-0.25, -0.2) is 4.98 Å². The van der Waals surface area contributed by atoms with E-state index in [2.05, 4.69) is 9.97 Å². The van der Waals surface area contributed by atoms with Crippen LogP contribution < -0.4 is 0 Å². The Morgan fingerprint density at radius 2 is 2.19 bits per heavy atom. The van der Waals surface area contributed by atoms with E-state index in [-0.39, 0.29) is 12.0 Å². The molecule has 1 saturated carbocycles. The number of fused-ring (bicyclic) bond motifs is 1. The summed E-state index contributed by atoms with van der Waals surface area (Å²) in [4.78, 5) is 21.6. The fourth-order valence-corrected chi connectivity index (χ4v) is 2.88. The van der Waals surface area contributed by atoms with Crippen LogP contribution in [0.1, 0.15) is 25.1 Å². The fourth-order valence-electron chi connectivity index (χ4n) is 2.88. The SMILES string of the molecule is CN(CC1CC(O)C1)C(=O)CCc1nc2ccccc2[nH]1. The number of carbonyl (C=O) groups is 1. The van der Waals surface area contributed by atoms with Gasteiger partial charge in [0.05, 0.1) is 17.1 Å². The number of aromatic amines is 1. The van der Waals surface area contributed by atoms with Gasteiger partial charge in [0.25, 0.3) is 0 Å². The number of benzene rings is 1. The molecular formula is C16H21N3O2. The maximum Gasteiger partial charge on any atom is 0.222 e. The molecule has 0 unspecified atom stereocenters. The highest BCUT2D eigenvalue weighted by Crippen LogP contribution is 2.27. The summed E-state index contributed by atoms with van der Waals surface area (Å²) in [5, 5.41) is 9.28. The van der Waals surface area contributed by atoms with E-state index in [0.29, 0.717) is 18.8 Å². The van der Waals surface area contributed by atoms with Crippen molar-refractivity contribution in [3.63, 3.8) is 0 Å². The van der Waals surface area contributed by atoms with E-state index >= 15 is 0 Å². The largest absolute Gasteiger partial charge is 0.393 e. The second-order valence-electron chi connectivity index (χ2n) is 5.97. The second-order valence-corrected chi connectivity index (χ2v) is 5.97. The van der Waals surface area contributed by atoms with Gasteiger partial charge in [-0.3, -0.25) is 4.79 Å². The Kier molecular flexibility index (Phi) is 3.92. The van der Waals surface area contributed by atoms with Crippen molar-refractivity contribution in [2.75, 3.05) is 13.6 Å². The van der Waals surface area contributed by atoms with Crippen molar-refractivity contribution in [2.45, 2.75) is 31.8 Å². The van der Waals surface area contributed by atoms with Gasteiger partial charge in [0.2, 0.25) is 5.91 Å². The van der Waals surface area contributed by atoms with E-state index in [0.717, 1.165) is 36.2 Å². The molecule has 1 amide bonds. The van der Waals surface area contributed by atoms with Crippen LogP contribution in [-0.4, -0.2) is 45.6 Å². The first-order chi connectivity index (χ1) is 10.1. The zero-order valence-electron chi connectivity index (χ0n) is 12.2. The number of para-hydroxylation sites is 2. The molecule has 1 aromatic carbocycles. The van der Waals surface area contributed by atoms with Crippen molar-refractivity contribution in [3.05, 3.63) is 30.1 Å². The minimum Gasteiger partial charge on any atom is -0.393 e. The van der Waals surface area contributed by atoms with Crippen molar-refractivity contribution in [3.8, 4) is 0 Å². The molecule has 1 fully saturated rings. The van der Waals surface area contributed by atoms with Crippen molar-refractivity contribution in [1.29, 1.82) is 0 Å². The standard InChI is InChI=1S/C16H21N3O2/c1-19(10-11-8-12(20)9-11)16(21)7-6-15-17-13-4-2-3-5-14(13)18-15/h2-5,11-12,20H,6-10H2,1H3,(H,17,18). The molecule has 2 N–H and O–H groups in total. The zero-order chi connectivity index (χ0) is 14.8. The van der Waals surface area contributed by atoms with Crippen LogP contribution in [0.25, 0.3) is 11.0 Å². The van der Waals surface area contributed by atoms with Gasteiger partial charge in [0, 0.05) is 26.4 Å². The minimum absolute atomic E-state index is 0.136. The highest BCUT2D eigenvalue weighted by Gasteiger charge is 2.28. The number of nitrogens with one attached hydrogen (secondary N) is 1. The molecule has 1 aliphatic carbocycles. The van der Waals surface area contributed by atoms with Crippen LogP contribution in [0.15, 0.2) is 24.3 Å². The number of amides is 1. The number of aliphatic hydroxyl groups is 1. The van der Waals surface area contributed by atoms with Gasteiger partial charge >= 0.3 is 0 Å². The number of aromatic nitrogens is 2. The summed E-state index contributed by atoms with van der Waals surface area (Å²) in [5.41, 5.74) is 1.95. The van der Waals surface area contributed by atoms with Gasteiger partial charge in [-0.1, -0.05) is 12.1 Å².